The Hall–Kier alpha value is -2.37. The smallest absolute Gasteiger partial charge is 0.339 e. The highest BCUT2D eigenvalue weighted by Crippen LogP contribution is 2.37. The highest BCUT2D eigenvalue weighted by atomic mass is 35.5. The second kappa shape index (κ2) is 11.0. The molecule has 0 bridgehead atoms. The molecule has 0 heterocycles. The summed E-state index contributed by atoms with van der Waals surface area (Å²) in [4.78, 5) is 11.5. The third-order valence-electron chi connectivity index (χ3n) is 3.95. The van der Waals surface area contributed by atoms with Crippen molar-refractivity contribution in [1.82, 2.24) is 0 Å². The fourth-order valence-corrected chi connectivity index (χ4v) is 3.21. The van der Waals surface area contributed by atoms with Gasteiger partial charge in [0.15, 0.2) is 5.75 Å². The molecule has 0 saturated heterocycles. The van der Waals surface area contributed by atoms with Gasteiger partial charge in [-0.25, -0.2) is 4.79 Å². The zero-order chi connectivity index (χ0) is 21.4. The van der Waals surface area contributed by atoms with E-state index >= 15 is 0 Å². The minimum absolute atomic E-state index is 0.0841. The van der Waals surface area contributed by atoms with Crippen molar-refractivity contribution in [2.45, 2.75) is 20.3 Å². The molecule has 0 atom stereocenters. The fourth-order valence-electron chi connectivity index (χ4n) is 2.63. The van der Waals surface area contributed by atoms with Crippen LogP contribution < -0.4 is 9.47 Å². The molecule has 0 aliphatic carbocycles. The predicted octanol–water partition coefficient (Wildman–Crippen LogP) is 5.72. The van der Waals surface area contributed by atoms with Crippen molar-refractivity contribution in [2.24, 2.45) is 5.92 Å². The van der Waals surface area contributed by atoms with E-state index in [0.717, 1.165) is 5.56 Å². The van der Waals surface area contributed by atoms with Gasteiger partial charge in [-0.15, -0.1) is 0 Å². The summed E-state index contributed by atoms with van der Waals surface area (Å²) in [5.41, 5.74) is 1.49. The summed E-state index contributed by atoms with van der Waals surface area (Å²) in [6, 6.07) is 10.5. The van der Waals surface area contributed by atoms with Crippen LogP contribution in [0.25, 0.3) is 5.57 Å². The van der Waals surface area contributed by atoms with Crippen molar-refractivity contribution in [3.63, 3.8) is 0 Å². The van der Waals surface area contributed by atoms with Crippen molar-refractivity contribution in [3.05, 3.63) is 63.8 Å². The van der Waals surface area contributed by atoms with Crippen molar-refractivity contribution in [3.8, 4) is 11.5 Å². The number of rotatable bonds is 10. The van der Waals surface area contributed by atoms with Gasteiger partial charge in [-0.2, -0.15) is 0 Å². The molecule has 2 aromatic carbocycles. The summed E-state index contributed by atoms with van der Waals surface area (Å²) in [6.07, 6.45) is 1.71. The number of halogens is 2. The molecule has 1 N–H and O–H groups in total. The first kappa shape index (κ1) is 22.9. The topological polar surface area (TPSA) is 65.0 Å². The summed E-state index contributed by atoms with van der Waals surface area (Å²) in [5, 5.41) is 10.2. The van der Waals surface area contributed by atoms with Gasteiger partial charge >= 0.3 is 5.97 Å². The minimum Gasteiger partial charge on any atom is -0.503 e. The van der Waals surface area contributed by atoms with Crippen LogP contribution >= 0.6 is 23.2 Å². The number of hydrogen-bond acceptors (Lipinski definition) is 4. The molecule has 0 aromatic heterocycles. The normalized spacial score (nSPS) is 11.4. The number of carbonyl (C=O) groups is 1. The number of methoxy groups -OCH3 is 1. The largest absolute Gasteiger partial charge is 0.503 e. The number of aliphatic carboxylic acids is 1. The van der Waals surface area contributed by atoms with Gasteiger partial charge in [-0.1, -0.05) is 61.3 Å². The lowest BCUT2D eigenvalue weighted by molar-refractivity contribution is -0.130. The Kier molecular flexibility index (Phi) is 8.68. The molecular weight excluding hydrogens is 415 g/mol. The zero-order valence-corrected chi connectivity index (χ0v) is 18.1. The molecule has 29 heavy (non-hydrogen) atoms. The second-order valence-electron chi connectivity index (χ2n) is 6.75. The Morgan fingerprint density at radius 2 is 1.79 bits per heavy atom. The molecule has 0 saturated carbocycles. The van der Waals surface area contributed by atoms with Gasteiger partial charge in [0.2, 0.25) is 0 Å². The van der Waals surface area contributed by atoms with Gasteiger partial charge in [-0.05, 0) is 17.0 Å². The van der Waals surface area contributed by atoms with Gasteiger partial charge in [0, 0.05) is 18.6 Å². The molecule has 0 amide bonds. The van der Waals surface area contributed by atoms with Gasteiger partial charge in [0.1, 0.15) is 11.3 Å². The van der Waals surface area contributed by atoms with Crippen molar-refractivity contribution < 1.29 is 24.1 Å². The predicted molar refractivity (Wildman–Crippen MR) is 115 cm³/mol. The van der Waals surface area contributed by atoms with Crippen LogP contribution in [0, 0.1) is 5.92 Å². The molecule has 0 unspecified atom stereocenters. The third kappa shape index (κ3) is 6.58. The highest BCUT2D eigenvalue weighted by Gasteiger charge is 2.15. The molecule has 7 heteroatoms. The van der Waals surface area contributed by atoms with Crippen LogP contribution in [-0.4, -0.2) is 31.4 Å². The molecule has 2 aromatic rings. The maximum absolute atomic E-state index is 11.5. The number of benzene rings is 2. The maximum Gasteiger partial charge on any atom is 0.339 e. The van der Waals surface area contributed by atoms with Crippen LogP contribution in [-0.2, 0) is 16.0 Å². The molecule has 156 valence electrons. The van der Waals surface area contributed by atoms with E-state index in [-0.39, 0.29) is 5.57 Å². The van der Waals surface area contributed by atoms with Gasteiger partial charge in [0.25, 0.3) is 0 Å². The Bertz CT molecular complexity index is 854. The average Bonchev–Trinajstić information content (AvgIpc) is 2.65. The third-order valence-corrected chi connectivity index (χ3v) is 4.51. The Labute approximate surface area is 180 Å². The monoisotopic (exact) mass is 438 g/mol. The lowest BCUT2D eigenvalue weighted by atomic mass is 9.98. The molecule has 0 aliphatic heterocycles. The molecule has 0 aliphatic rings. The molecule has 0 radical (unpaired) electrons. The quantitative estimate of drug-likeness (QED) is 0.379. The van der Waals surface area contributed by atoms with Gasteiger partial charge < -0.3 is 19.3 Å². The molecule has 0 fully saturated rings. The first-order chi connectivity index (χ1) is 13.8. The highest BCUT2D eigenvalue weighted by molar-refractivity contribution is 6.37. The fraction of sp³-hybridized carbons (Fsp3) is 0.318. The van der Waals surface area contributed by atoms with Crippen LogP contribution in [0.5, 0.6) is 11.5 Å². The van der Waals surface area contributed by atoms with E-state index < -0.39 is 5.97 Å². The van der Waals surface area contributed by atoms with Crippen LogP contribution in [0.3, 0.4) is 0 Å². The van der Waals surface area contributed by atoms with Crippen molar-refractivity contribution >= 4 is 34.7 Å². The number of hydrogen-bond donors (Lipinski definition) is 1. The van der Waals surface area contributed by atoms with E-state index in [1.54, 1.807) is 24.3 Å². The van der Waals surface area contributed by atoms with Crippen LogP contribution in [0.1, 0.15) is 25.0 Å². The molecule has 2 rings (SSSR count). The number of ether oxygens (including phenoxy) is 3. The summed E-state index contributed by atoms with van der Waals surface area (Å²) in [5.74, 6) is 0.243. The molecular formula is C22H24Cl2O5. The lowest BCUT2D eigenvalue weighted by Gasteiger charge is -2.14. The van der Waals surface area contributed by atoms with Crippen molar-refractivity contribution in [1.29, 1.82) is 0 Å². The summed E-state index contributed by atoms with van der Waals surface area (Å²) in [7, 11) is 1.41. The van der Waals surface area contributed by atoms with E-state index in [1.165, 1.54) is 13.4 Å². The van der Waals surface area contributed by atoms with E-state index in [4.69, 9.17) is 37.4 Å². The minimum atomic E-state index is -1.06. The summed E-state index contributed by atoms with van der Waals surface area (Å²) < 4.78 is 16.3. The number of carboxylic acid groups (broad SMARTS) is 1. The van der Waals surface area contributed by atoms with Crippen LogP contribution in [0.15, 0.2) is 42.7 Å². The molecule has 0 spiro atoms. The Morgan fingerprint density at radius 1 is 1.14 bits per heavy atom. The summed E-state index contributed by atoms with van der Waals surface area (Å²) in [6.45, 7) is 4.90. The average molecular weight is 439 g/mol. The van der Waals surface area contributed by atoms with E-state index in [0.29, 0.717) is 52.7 Å². The lowest BCUT2D eigenvalue weighted by Crippen LogP contribution is -2.08. The Morgan fingerprint density at radius 3 is 2.38 bits per heavy atom. The van der Waals surface area contributed by atoms with Gasteiger partial charge in [0.05, 0.1) is 36.6 Å². The van der Waals surface area contributed by atoms with Crippen LogP contribution in [0.2, 0.25) is 10.0 Å². The van der Waals surface area contributed by atoms with E-state index in [9.17, 15) is 9.90 Å². The first-order valence-electron chi connectivity index (χ1n) is 9.12. The van der Waals surface area contributed by atoms with Gasteiger partial charge in [-0.3, -0.25) is 0 Å². The van der Waals surface area contributed by atoms with E-state index in [2.05, 4.69) is 0 Å². The SMILES string of the molecule is COC=C(C(=O)O)c1ccccc1CCOc1cc(Cl)c(OCC(C)C)c(Cl)c1. The van der Waals surface area contributed by atoms with E-state index in [1.807, 2.05) is 26.0 Å². The summed E-state index contributed by atoms with van der Waals surface area (Å²) >= 11 is 12.5. The number of carboxylic acids is 1. The van der Waals surface area contributed by atoms with Crippen LogP contribution in [0.4, 0.5) is 0 Å². The zero-order valence-electron chi connectivity index (χ0n) is 16.6. The maximum atomic E-state index is 11.5. The Balaban J connectivity index is 2.09. The van der Waals surface area contributed by atoms with Crippen molar-refractivity contribution in [2.75, 3.05) is 20.3 Å². The first-order valence-corrected chi connectivity index (χ1v) is 9.88. The second-order valence-corrected chi connectivity index (χ2v) is 7.56. The standard InChI is InChI=1S/C22H24Cl2O5/c1-14(2)12-29-21-19(23)10-16(11-20(21)24)28-9-8-15-6-4-5-7-17(15)18(13-27-3)22(25)26/h4-7,10-11,13-14H,8-9,12H2,1-3H3,(H,25,26). The molecule has 5 nitrogen and oxygen atoms in total.